The van der Waals surface area contributed by atoms with Crippen molar-refractivity contribution in [3.8, 4) is 22.9 Å². The second kappa shape index (κ2) is 8.19. The van der Waals surface area contributed by atoms with Crippen LogP contribution >= 0.6 is 0 Å². The molecular formula is C24H22N2O3. The molecule has 0 spiro atoms. The van der Waals surface area contributed by atoms with Gasteiger partial charge in [-0.15, -0.1) is 0 Å². The lowest BCUT2D eigenvalue weighted by molar-refractivity contribution is -0.134. The number of ether oxygens (including phenoxy) is 2. The number of esters is 1. The fourth-order valence-corrected chi connectivity index (χ4v) is 3.30. The number of methoxy groups -OCH3 is 1. The van der Waals surface area contributed by atoms with Crippen LogP contribution in [0.4, 0.5) is 0 Å². The van der Waals surface area contributed by atoms with Crippen LogP contribution in [-0.4, -0.2) is 23.0 Å². The van der Waals surface area contributed by atoms with Crippen molar-refractivity contribution in [2.24, 2.45) is 0 Å². The first-order valence-corrected chi connectivity index (χ1v) is 9.53. The highest BCUT2D eigenvalue weighted by atomic mass is 16.6. The lowest BCUT2D eigenvalue weighted by Crippen LogP contribution is -2.12. The predicted octanol–water partition coefficient (Wildman–Crippen LogP) is 5.34. The third-order valence-electron chi connectivity index (χ3n) is 4.89. The van der Waals surface area contributed by atoms with Gasteiger partial charge >= 0.3 is 5.97 Å². The molecule has 0 aliphatic carbocycles. The highest BCUT2D eigenvalue weighted by molar-refractivity contribution is 5.80. The van der Waals surface area contributed by atoms with Crippen molar-refractivity contribution >= 4 is 17.0 Å². The summed E-state index contributed by atoms with van der Waals surface area (Å²) in [5, 5.41) is 0. The van der Waals surface area contributed by atoms with Gasteiger partial charge in [-0.25, -0.2) is 4.98 Å². The van der Waals surface area contributed by atoms with Gasteiger partial charge in [0.2, 0.25) is 0 Å². The van der Waals surface area contributed by atoms with Gasteiger partial charge in [-0.1, -0.05) is 49.4 Å². The molecule has 0 amide bonds. The molecule has 146 valence electrons. The first-order chi connectivity index (χ1) is 14.1. The Hall–Kier alpha value is -3.60. The number of para-hydroxylation sites is 2. The van der Waals surface area contributed by atoms with Crippen LogP contribution in [0.5, 0.6) is 11.5 Å². The van der Waals surface area contributed by atoms with Gasteiger partial charge in [0.15, 0.2) is 11.5 Å². The summed E-state index contributed by atoms with van der Waals surface area (Å²) >= 11 is 0. The molecule has 0 aliphatic heterocycles. The van der Waals surface area contributed by atoms with E-state index < -0.39 is 0 Å². The van der Waals surface area contributed by atoms with Crippen molar-refractivity contribution in [1.82, 2.24) is 9.97 Å². The maximum Gasteiger partial charge on any atom is 0.311 e. The van der Waals surface area contributed by atoms with Crippen LogP contribution in [0.15, 0.2) is 72.8 Å². The van der Waals surface area contributed by atoms with E-state index in [-0.39, 0.29) is 11.9 Å². The Morgan fingerprint density at radius 3 is 2.52 bits per heavy atom. The summed E-state index contributed by atoms with van der Waals surface area (Å²) in [6.07, 6.45) is 0.290. The summed E-state index contributed by atoms with van der Waals surface area (Å²) in [7, 11) is 1.56. The van der Waals surface area contributed by atoms with Crippen molar-refractivity contribution in [2.45, 2.75) is 19.3 Å². The van der Waals surface area contributed by atoms with E-state index in [4.69, 9.17) is 9.47 Å². The van der Waals surface area contributed by atoms with Crippen molar-refractivity contribution in [3.05, 3.63) is 78.4 Å². The fourth-order valence-electron chi connectivity index (χ4n) is 3.30. The van der Waals surface area contributed by atoms with Crippen LogP contribution in [0.25, 0.3) is 22.4 Å². The molecule has 5 nitrogen and oxygen atoms in total. The standard InChI is InChI=1S/C24H22N2O3/c1-16(17-8-4-3-5-9-17)14-23(27)29-21-13-12-18(15-22(21)28-2)24-25-19-10-6-7-11-20(19)26-24/h3-13,15-16H,14H2,1-2H3,(H,25,26). The van der Waals surface area contributed by atoms with Gasteiger partial charge in [0.25, 0.3) is 0 Å². The largest absolute Gasteiger partial charge is 0.493 e. The first kappa shape index (κ1) is 18.7. The van der Waals surface area contributed by atoms with Gasteiger partial charge in [-0.3, -0.25) is 4.79 Å². The van der Waals surface area contributed by atoms with E-state index in [1.165, 1.54) is 0 Å². The van der Waals surface area contributed by atoms with Crippen LogP contribution in [0.1, 0.15) is 24.8 Å². The van der Waals surface area contributed by atoms with Crippen LogP contribution in [0, 0.1) is 0 Å². The number of nitrogens with one attached hydrogen (secondary N) is 1. The first-order valence-electron chi connectivity index (χ1n) is 9.53. The van der Waals surface area contributed by atoms with Gasteiger partial charge in [0.05, 0.1) is 24.6 Å². The molecule has 0 bridgehead atoms. The molecule has 4 aromatic rings. The molecule has 3 aromatic carbocycles. The van der Waals surface area contributed by atoms with Gasteiger partial charge in [0, 0.05) is 5.56 Å². The average Bonchev–Trinajstić information content (AvgIpc) is 3.19. The highest BCUT2D eigenvalue weighted by Crippen LogP contribution is 2.33. The average molecular weight is 386 g/mol. The fraction of sp³-hybridized carbons (Fsp3) is 0.167. The van der Waals surface area contributed by atoms with Gasteiger partial charge in [-0.2, -0.15) is 0 Å². The third-order valence-corrected chi connectivity index (χ3v) is 4.89. The quantitative estimate of drug-likeness (QED) is 0.359. The number of benzene rings is 3. The number of aromatic amines is 1. The number of aromatic nitrogens is 2. The monoisotopic (exact) mass is 386 g/mol. The number of imidazole rings is 1. The molecule has 1 aromatic heterocycles. The molecule has 5 heteroatoms. The number of hydrogen-bond acceptors (Lipinski definition) is 4. The molecule has 0 saturated heterocycles. The lowest BCUT2D eigenvalue weighted by atomic mass is 9.98. The SMILES string of the molecule is COc1cc(-c2nc3ccccc3[nH]2)ccc1OC(=O)CC(C)c1ccccc1. The predicted molar refractivity (Wildman–Crippen MR) is 113 cm³/mol. The number of nitrogens with zero attached hydrogens (tertiary/aromatic N) is 1. The molecule has 0 saturated carbocycles. The van der Waals surface area contributed by atoms with Crippen molar-refractivity contribution in [3.63, 3.8) is 0 Å². The Bertz CT molecular complexity index is 1100. The summed E-state index contributed by atoms with van der Waals surface area (Å²) < 4.78 is 11.0. The molecule has 1 N–H and O–H groups in total. The number of H-pyrrole nitrogens is 1. The number of carbonyl (C=O) groups is 1. The molecule has 4 rings (SSSR count). The molecule has 1 unspecified atom stereocenters. The zero-order chi connectivity index (χ0) is 20.2. The second-order valence-electron chi connectivity index (χ2n) is 6.96. The topological polar surface area (TPSA) is 64.2 Å². The van der Waals surface area contributed by atoms with E-state index >= 15 is 0 Å². The van der Waals surface area contributed by atoms with E-state index in [9.17, 15) is 4.79 Å². The Morgan fingerprint density at radius 2 is 1.76 bits per heavy atom. The molecule has 29 heavy (non-hydrogen) atoms. The zero-order valence-electron chi connectivity index (χ0n) is 16.4. The summed E-state index contributed by atoms with van der Waals surface area (Å²) in [4.78, 5) is 20.3. The number of rotatable bonds is 6. The Balaban J connectivity index is 1.51. The van der Waals surface area contributed by atoms with Gasteiger partial charge < -0.3 is 14.5 Å². The molecule has 1 atom stereocenters. The Kier molecular flexibility index (Phi) is 5.29. The van der Waals surface area contributed by atoms with E-state index in [1.54, 1.807) is 13.2 Å². The summed E-state index contributed by atoms with van der Waals surface area (Å²) in [6.45, 7) is 2.01. The second-order valence-corrected chi connectivity index (χ2v) is 6.96. The molecule has 1 heterocycles. The summed E-state index contributed by atoms with van der Waals surface area (Å²) in [5.41, 5.74) is 3.82. The number of fused-ring (bicyclic) bond motifs is 1. The zero-order valence-corrected chi connectivity index (χ0v) is 16.4. The highest BCUT2D eigenvalue weighted by Gasteiger charge is 2.16. The minimum absolute atomic E-state index is 0.0736. The Labute approximate surface area is 169 Å². The molecule has 0 aliphatic rings. The van der Waals surface area contributed by atoms with Crippen LogP contribution in [-0.2, 0) is 4.79 Å². The van der Waals surface area contributed by atoms with Crippen molar-refractivity contribution in [2.75, 3.05) is 7.11 Å². The third kappa shape index (κ3) is 4.14. The maximum absolute atomic E-state index is 12.4. The summed E-state index contributed by atoms with van der Waals surface area (Å²) in [5.74, 6) is 1.40. The smallest absolute Gasteiger partial charge is 0.311 e. The maximum atomic E-state index is 12.4. The van der Waals surface area contributed by atoms with E-state index in [0.717, 1.165) is 28.0 Å². The normalized spacial score (nSPS) is 11.9. The lowest BCUT2D eigenvalue weighted by Gasteiger charge is -2.13. The number of hydrogen-bond donors (Lipinski definition) is 1. The van der Waals surface area contributed by atoms with Crippen molar-refractivity contribution < 1.29 is 14.3 Å². The van der Waals surface area contributed by atoms with E-state index in [1.807, 2.05) is 73.7 Å². The minimum Gasteiger partial charge on any atom is -0.493 e. The summed E-state index contributed by atoms with van der Waals surface area (Å²) in [6, 6.07) is 23.2. The Morgan fingerprint density at radius 1 is 1.00 bits per heavy atom. The van der Waals surface area contributed by atoms with Gasteiger partial charge in [-0.05, 0) is 41.8 Å². The van der Waals surface area contributed by atoms with Crippen LogP contribution < -0.4 is 9.47 Å². The van der Waals surface area contributed by atoms with Crippen molar-refractivity contribution in [1.29, 1.82) is 0 Å². The molecular weight excluding hydrogens is 364 g/mol. The van der Waals surface area contributed by atoms with Gasteiger partial charge in [0.1, 0.15) is 5.82 Å². The van der Waals surface area contributed by atoms with Crippen LogP contribution in [0.3, 0.4) is 0 Å². The molecule has 0 fully saturated rings. The van der Waals surface area contributed by atoms with E-state index in [2.05, 4.69) is 9.97 Å². The number of carbonyl (C=O) groups excluding carboxylic acids is 1. The molecule has 0 radical (unpaired) electrons. The van der Waals surface area contributed by atoms with Crippen LogP contribution in [0.2, 0.25) is 0 Å². The van der Waals surface area contributed by atoms with E-state index in [0.29, 0.717) is 17.9 Å². The minimum atomic E-state index is -0.295.